The number of methoxy groups -OCH3 is 1. The van der Waals surface area contributed by atoms with Crippen LogP contribution in [0.1, 0.15) is 0 Å². The van der Waals surface area contributed by atoms with Crippen molar-refractivity contribution in [2.75, 3.05) is 26.0 Å². The largest absolute Gasteiger partial charge is 0.389 e. The van der Waals surface area contributed by atoms with Crippen LogP contribution in [0.3, 0.4) is 0 Å². The molecule has 3 aliphatic heterocycles. The van der Waals surface area contributed by atoms with Gasteiger partial charge in [0.1, 0.15) is 18.3 Å². The number of hydrogen-bond acceptors (Lipinski definition) is 9. The van der Waals surface area contributed by atoms with Gasteiger partial charge in [0.15, 0.2) is 6.29 Å². The monoisotopic (exact) mass is 350 g/mol. The predicted octanol–water partition coefficient (Wildman–Crippen LogP) is -3.33. The van der Waals surface area contributed by atoms with E-state index in [1.54, 1.807) is 0 Å². The zero-order chi connectivity index (χ0) is 16.7. The van der Waals surface area contributed by atoms with Crippen molar-refractivity contribution in [1.82, 2.24) is 10.2 Å². The molecule has 0 saturated carbocycles. The summed E-state index contributed by atoms with van der Waals surface area (Å²) in [6.45, 7) is 0.341. The van der Waals surface area contributed by atoms with Gasteiger partial charge in [-0.3, -0.25) is 4.79 Å². The van der Waals surface area contributed by atoms with Crippen LogP contribution in [-0.2, 0) is 14.3 Å². The van der Waals surface area contributed by atoms with E-state index in [1.165, 1.54) is 23.8 Å². The van der Waals surface area contributed by atoms with Crippen molar-refractivity contribution >= 4 is 17.7 Å². The van der Waals surface area contributed by atoms with E-state index >= 15 is 0 Å². The standard InChI is InChI=1S/C13H22N2O7S/c1-21-13-11(20)10(19)6(22-13)3-15-7(17)4-23-12(15)8-9(18)5(16)2-14-8/h5-6,8-14,16,18-20H,2-4H2,1H3/t5-,6-,8-,9-,10-,11-,12-,13-/m1/s1. The van der Waals surface area contributed by atoms with E-state index in [0.717, 1.165) is 0 Å². The van der Waals surface area contributed by atoms with Crippen molar-refractivity contribution in [3.8, 4) is 0 Å². The highest BCUT2D eigenvalue weighted by atomic mass is 32.2. The van der Waals surface area contributed by atoms with Crippen LogP contribution in [0.5, 0.6) is 0 Å². The predicted molar refractivity (Wildman–Crippen MR) is 79.4 cm³/mol. The highest BCUT2D eigenvalue weighted by molar-refractivity contribution is 8.01. The quantitative estimate of drug-likeness (QED) is 0.353. The maximum absolute atomic E-state index is 12.2. The molecule has 3 fully saturated rings. The Hall–Kier alpha value is -0.460. The van der Waals surface area contributed by atoms with Gasteiger partial charge in [-0.25, -0.2) is 0 Å². The van der Waals surface area contributed by atoms with Crippen molar-refractivity contribution in [2.24, 2.45) is 0 Å². The van der Waals surface area contributed by atoms with Crippen LogP contribution in [0.15, 0.2) is 0 Å². The lowest BCUT2D eigenvalue weighted by molar-refractivity contribution is -0.154. The number of carbonyl (C=O) groups is 1. The van der Waals surface area contributed by atoms with Crippen LogP contribution in [0.25, 0.3) is 0 Å². The van der Waals surface area contributed by atoms with Crippen molar-refractivity contribution in [2.45, 2.75) is 48.2 Å². The molecule has 0 aromatic carbocycles. The zero-order valence-corrected chi connectivity index (χ0v) is 13.4. The Morgan fingerprint density at radius 2 is 2.04 bits per heavy atom. The van der Waals surface area contributed by atoms with E-state index < -0.39 is 42.9 Å². The molecule has 0 spiro atoms. The van der Waals surface area contributed by atoms with Gasteiger partial charge < -0.3 is 40.1 Å². The first-order valence-corrected chi connectivity index (χ1v) is 8.54. The number of β-amino-alcohol motifs (C(OH)–C–C–N with tert-alkyl or cyclic N) is 1. The number of aliphatic hydroxyl groups is 4. The van der Waals surface area contributed by atoms with Crippen LogP contribution in [-0.4, -0.2) is 105 Å². The van der Waals surface area contributed by atoms with Crippen LogP contribution < -0.4 is 5.32 Å². The molecule has 0 aromatic heterocycles. The summed E-state index contributed by atoms with van der Waals surface area (Å²) in [5.41, 5.74) is 0. The molecule has 3 rings (SSSR count). The maximum atomic E-state index is 12.2. The molecule has 0 aromatic rings. The minimum absolute atomic E-state index is 0.0790. The maximum Gasteiger partial charge on any atom is 0.233 e. The summed E-state index contributed by atoms with van der Waals surface area (Å²) >= 11 is 1.37. The average molecular weight is 350 g/mol. The molecule has 3 aliphatic rings. The average Bonchev–Trinajstić information content (AvgIpc) is 3.14. The number of aliphatic hydroxyl groups excluding tert-OH is 4. The number of nitrogens with one attached hydrogen (secondary N) is 1. The van der Waals surface area contributed by atoms with Gasteiger partial charge in [0, 0.05) is 13.7 Å². The first kappa shape index (κ1) is 17.4. The lowest BCUT2D eigenvalue weighted by Crippen LogP contribution is -2.52. The molecule has 9 nitrogen and oxygen atoms in total. The topological polar surface area (TPSA) is 132 Å². The summed E-state index contributed by atoms with van der Waals surface area (Å²) in [6, 6.07) is -0.455. The second-order valence-electron chi connectivity index (χ2n) is 6.00. The van der Waals surface area contributed by atoms with Crippen molar-refractivity contribution < 1.29 is 34.7 Å². The van der Waals surface area contributed by atoms with Crippen molar-refractivity contribution in [3.05, 3.63) is 0 Å². The van der Waals surface area contributed by atoms with Gasteiger partial charge in [0.05, 0.1) is 35.9 Å². The minimum atomic E-state index is -1.18. The summed E-state index contributed by atoms with van der Waals surface area (Å²) in [4.78, 5) is 13.7. The summed E-state index contributed by atoms with van der Waals surface area (Å²) < 4.78 is 10.4. The second-order valence-corrected chi connectivity index (χ2v) is 7.10. The SMILES string of the molecule is CO[C@@H]1O[C@H](CN2C(=O)CS[C@@H]2[C@@H]2NC[C@@H](O)[C@H]2O)[C@@H](O)[C@H]1O. The molecular weight excluding hydrogens is 328 g/mol. The van der Waals surface area contributed by atoms with Gasteiger partial charge in [-0.2, -0.15) is 0 Å². The minimum Gasteiger partial charge on any atom is -0.389 e. The molecule has 10 heteroatoms. The van der Waals surface area contributed by atoms with Crippen LogP contribution >= 0.6 is 11.8 Å². The van der Waals surface area contributed by atoms with Crippen LogP contribution in [0.2, 0.25) is 0 Å². The fourth-order valence-corrected chi connectivity index (χ4v) is 4.56. The van der Waals surface area contributed by atoms with Gasteiger partial charge in [0.2, 0.25) is 5.91 Å². The lowest BCUT2D eigenvalue weighted by atomic mass is 10.1. The number of amides is 1. The molecule has 0 aliphatic carbocycles. The van der Waals surface area contributed by atoms with E-state index in [0.29, 0.717) is 0 Å². The van der Waals surface area contributed by atoms with E-state index in [9.17, 15) is 25.2 Å². The van der Waals surface area contributed by atoms with Crippen LogP contribution in [0, 0.1) is 0 Å². The van der Waals surface area contributed by atoms with Gasteiger partial charge in [-0.05, 0) is 0 Å². The van der Waals surface area contributed by atoms with E-state index in [-0.39, 0.29) is 30.1 Å². The summed E-state index contributed by atoms with van der Waals surface area (Å²) in [7, 11) is 1.36. The highest BCUT2D eigenvalue weighted by Gasteiger charge is 2.49. The fraction of sp³-hybridized carbons (Fsp3) is 0.923. The summed E-state index contributed by atoms with van der Waals surface area (Å²) in [5.74, 6) is 0.117. The second kappa shape index (κ2) is 6.81. The molecule has 132 valence electrons. The number of hydrogen-bond donors (Lipinski definition) is 5. The van der Waals surface area contributed by atoms with Gasteiger partial charge in [-0.1, -0.05) is 0 Å². The Labute approximate surface area is 137 Å². The Kier molecular flexibility index (Phi) is 5.14. The first-order chi connectivity index (χ1) is 10.9. The van der Waals surface area contributed by atoms with E-state index in [2.05, 4.69) is 5.32 Å². The summed E-state index contributed by atoms with van der Waals surface area (Å²) in [5, 5.41) is 42.2. The molecule has 0 radical (unpaired) electrons. The Morgan fingerprint density at radius 3 is 2.61 bits per heavy atom. The lowest BCUT2D eigenvalue weighted by Gasteiger charge is -2.32. The molecule has 3 heterocycles. The molecular formula is C13H22N2O7S. The smallest absolute Gasteiger partial charge is 0.233 e. The Balaban J connectivity index is 1.69. The van der Waals surface area contributed by atoms with Gasteiger partial charge in [0.25, 0.3) is 0 Å². The van der Waals surface area contributed by atoms with Gasteiger partial charge in [-0.15, -0.1) is 11.8 Å². The summed E-state index contributed by atoms with van der Waals surface area (Å²) in [6.07, 6.45) is -5.88. The van der Waals surface area contributed by atoms with Crippen molar-refractivity contribution in [3.63, 3.8) is 0 Å². The van der Waals surface area contributed by atoms with Crippen LogP contribution in [0.4, 0.5) is 0 Å². The molecule has 1 amide bonds. The molecule has 3 saturated heterocycles. The Morgan fingerprint density at radius 1 is 1.30 bits per heavy atom. The fourth-order valence-electron chi connectivity index (χ4n) is 3.24. The number of rotatable bonds is 4. The number of thioether (sulfide) groups is 1. The number of nitrogens with zero attached hydrogens (tertiary/aromatic N) is 1. The third-order valence-corrected chi connectivity index (χ3v) is 5.87. The zero-order valence-electron chi connectivity index (χ0n) is 12.6. The van der Waals surface area contributed by atoms with Crippen molar-refractivity contribution in [1.29, 1.82) is 0 Å². The first-order valence-electron chi connectivity index (χ1n) is 7.49. The third-order valence-electron chi connectivity index (χ3n) is 4.56. The third kappa shape index (κ3) is 3.10. The molecule has 0 bridgehead atoms. The molecule has 8 atom stereocenters. The molecule has 5 N–H and O–H groups in total. The number of ether oxygens (including phenoxy) is 2. The Bertz CT molecular complexity index is 456. The normalized spacial score (nSPS) is 47.7. The van der Waals surface area contributed by atoms with E-state index in [1.807, 2.05) is 0 Å². The number of carbonyl (C=O) groups excluding carboxylic acids is 1. The molecule has 23 heavy (non-hydrogen) atoms. The highest BCUT2D eigenvalue weighted by Crippen LogP contribution is 2.33. The molecule has 0 unspecified atom stereocenters. The van der Waals surface area contributed by atoms with Gasteiger partial charge >= 0.3 is 0 Å². The van der Waals surface area contributed by atoms with E-state index in [4.69, 9.17) is 9.47 Å².